The Bertz CT molecular complexity index is 1240. The molecule has 0 bridgehead atoms. The van der Waals surface area contributed by atoms with Crippen LogP contribution >= 0.6 is 0 Å². The number of hydrogen-bond donors (Lipinski definition) is 1. The van der Waals surface area contributed by atoms with E-state index in [1.807, 2.05) is 6.92 Å². The summed E-state index contributed by atoms with van der Waals surface area (Å²) in [6.45, 7) is 4.92. The maximum absolute atomic E-state index is 12.6. The number of aryl methyl sites for hydroxylation is 2. The molecule has 0 aliphatic heterocycles. The van der Waals surface area contributed by atoms with Gasteiger partial charge in [-0.1, -0.05) is 26.7 Å². The third-order valence-electron chi connectivity index (χ3n) is 5.33. The second-order valence-corrected chi connectivity index (χ2v) is 7.67. The quantitative estimate of drug-likeness (QED) is 0.347. The van der Waals surface area contributed by atoms with Crippen LogP contribution in [-0.2, 0) is 24.9 Å². The van der Waals surface area contributed by atoms with Crippen LogP contribution in [0.3, 0.4) is 0 Å². The first-order valence-corrected chi connectivity index (χ1v) is 11.1. The standard InChI is InChI=1S/C23H30N4O6/c1-5-7-11-27-20-19(21(28)25-23(27)30)26(3)18(24-20)14-33-22(29)15-9-10-16(17(13-15)31-4)32-12-8-6-2/h9-10,13H,5-8,11-12,14H2,1-4H3,(H,25,28,30). The van der Waals surface area contributed by atoms with E-state index < -0.39 is 17.2 Å². The van der Waals surface area contributed by atoms with Gasteiger partial charge in [0.15, 0.2) is 22.7 Å². The van der Waals surface area contributed by atoms with Crippen molar-refractivity contribution in [1.29, 1.82) is 0 Å². The van der Waals surface area contributed by atoms with Crippen LogP contribution in [0.5, 0.6) is 11.5 Å². The first-order chi connectivity index (χ1) is 15.9. The Morgan fingerprint density at radius 1 is 1.12 bits per heavy atom. The maximum atomic E-state index is 12.6. The largest absolute Gasteiger partial charge is 0.493 e. The van der Waals surface area contributed by atoms with Gasteiger partial charge >= 0.3 is 11.7 Å². The minimum atomic E-state index is -0.572. The number of imidazole rings is 1. The molecule has 178 valence electrons. The van der Waals surface area contributed by atoms with Gasteiger partial charge < -0.3 is 18.8 Å². The molecule has 0 aliphatic rings. The molecule has 0 unspecified atom stereocenters. The number of unbranched alkanes of at least 4 members (excludes halogenated alkanes) is 2. The minimum Gasteiger partial charge on any atom is -0.493 e. The van der Waals surface area contributed by atoms with E-state index in [-0.39, 0.29) is 17.8 Å². The lowest BCUT2D eigenvalue weighted by Gasteiger charge is -2.12. The lowest BCUT2D eigenvalue weighted by molar-refractivity contribution is 0.0459. The van der Waals surface area contributed by atoms with Crippen LogP contribution in [0.2, 0.25) is 0 Å². The molecule has 0 amide bonds. The maximum Gasteiger partial charge on any atom is 0.338 e. The van der Waals surface area contributed by atoms with Crippen LogP contribution in [0.25, 0.3) is 11.2 Å². The normalized spacial score (nSPS) is 11.0. The zero-order chi connectivity index (χ0) is 24.0. The van der Waals surface area contributed by atoms with E-state index in [1.165, 1.54) is 16.2 Å². The van der Waals surface area contributed by atoms with Crippen molar-refractivity contribution < 1.29 is 19.0 Å². The smallest absolute Gasteiger partial charge is 0.338 e. The number of nitrogens with zero attached hydrogens (tertiary/aromatic N) is 3. The fraction of sp³-hybridized carbons (Fsp3) is 0.478. The molecule has 0 fully saturated rings. The van der Waals surface area contributed by atoms with Crippen molar-refractivity contribution in [2.24, 2.45) is 7.05 Å². The number of H-pyrrole nitrogens is 1. The van der Waals surface area contributed by atoms with Gasteiger partial charge in [0, 0.05) is 13.6 Å². The summed E-state index contributed by atoms with van der Waals surface area (Å²) in [5, 5.41) is 0. The predicted molar refractivity (Wildman–Crippen MR) is 123 cm³/mol. The summed E-state index contributed by atoms with van der Waals surface area (Å²) in [4.78, 5) is 44.0. The number of carbonyl (C=O) groups is 1. The van der Waals surface area contributed by atoms with Crippen molar-refractivity contribution in [2.45, 2.75) is 52.7 Å². The zero-order valence-corrected chi connectivity index (χ0v) is 19.5. The molecule has 0 atom stereocenters. The Morgan fingerprint density at radius 2 is 1.88 bits per heavy atom. The second-order valence-electron chi connectivity index (χ2n) is 7.67. The van der Waals surface area contributed by atoms with E-state index in [0.717, 1.165) is 25.7 Å². The number of rotatable bonds is 11. The van der Waals surface area contributed by atoms with Gasteiger partial charge in [-0.25, -0.2) is 14.6 Å². The molecule has 0 saturated heterocycles. The molecule has 0 spiro atoms. The lowest BCUT2D eigenvalue weighted by Crippen LogP contribution is -2.31. The first-order valence-electron chi connectivity index (χ1n) is 11.1. The Hall–Kier alpha value is -3.56. The summed E-state index contributed by atoms with van der Waals surface area (Å²) < 4.78 is 19.4. The fourth-order valence-electron chi connectivity index (χ4n) is 3.40. The van der Waals surface area contributed by atoms with E-state index in [9.17, 15) is 14.4 Å². The van der Waals surface area contributed by atoms with Crippen LogP contribution in [0.4, 0.5) is 0 Å². The SMILES string of the molecule is CCCCOc1ccc(C(=O)OCc2nc3c(c(=O)[nH]c(=O)n3CCCC)n2C)cc1OC. The fourth-order valence-corrected chi connectivity index (χ4v) is 3.40. The van der Waals surface area contributed by atoms with E-state index >= 15 is 0 Å². The summed E-state index contributed by atoms with van der Waals surface area (Å²) in [5.41, 5.74) is -0.200. The minimum absolute atomic E-state index is 0.164. The highest BCUT2D eigenvalue weighted by atomic mass is 16.5. The molecule has 0 radical (unpaired) electrons. The van der Waals surface area contributed by atoms with Crippen molar-refractivity contribution >= 4 is 17.1 Å². The highest BCUT2D eigenvalue weighted by Crippen LogP contribution is 2.28. The second kappa shape index (κ2) is 10.8. The molecule has 3 aromatic rings. The van der Waals surface area contributed by atoms with Crippen LogP contribution in [-0.4, -0.2) is 38.8 Å². The molecule has 33 heavy (non-hydrogen) atoms. The number of methoxy groups -OCH3 is 1. The zero-order valence-electron chi connectivity index (χ0n) is 19.5. The Labute approximate surface area is 191 Å². The molecule has 10 heteroatoms. The van der Waals surface area contributed by atoms with Gasteiger partial charge in [-0.3, -0.25) is 14.3 Å². The van der Waals surface area contributed by atoms with Gasteiger partial charge in [0.05, 0.1) is 19.3 Å². The van der Waals surface area contributed by atoms with Crippen molar-refractivity contribution in [3.05, 3.63) is 50.4 Å². The third kappa shape index (κ3) is 5.27. The Balaban J connectivity index is 1.80. The van der Waals surface area contributed by atoms with Crippen molar-refractivity contribution in [1.82, 2.24) is 19.1 Å². The van der Waals surface area contributed by atoms with Crippen LogP contribution < -0.4 is 20.7 Å². The third-order valence-corrected chi connectivity index (χ3v) is 5.33. The van der Waals surface area contributed by atoms with Gasteiger partial charge in [0.1, 0.15) is 12.4 Å². The first kappa shape index (κ1) is 24.1. The van der Waals surface area contributed by atoms with Crippen molar-refractivity contribution in [3.63, 3.8) is 0 Å². The lowest BCUT2D eigenvalue weighted by atomic mass is 10.2. The van der Waals surface area contributed by atoms with Gasteiger partial charge in [0.2, 0.25) is 0 Å². The molecule has 1 N–H and O–H groups in total. The molecular weight excluding hydrogens is 428 g/mol. The molecule has 3 rings (SSSR count). The average molecular weight is 459 g/mol. The number of aromatic nitrogens is 4. The van der Waals surface area contributed by atoms with Crippen LogP contribution in [0.1, 0.15) is 55.7 Å². The van der Waals surface area contributed by atoms with Crippen molar-refractivity contribution in [2.75, 3.05) is 13.7 Å². The molecule has 0 saturated carbocycles. The van der Waals surface area contributed by atoms with Gasteiger partial charge in [0.25, 0.3) is 5.56 Å². The highest BCUT2D eigenvalue weighted by molar-refractivity contribution is 5.90. The Morgan fingerprint density at radius 3 is 2.58 bits per heavy atom. The van der Waals surface area contributed by atoms with Gasteiger partial charge in [-0.15, -0.1) is 0 Å². The number of benzene rings is 1. The summed E-state index contributed by atoms with van der Waals surface area (Å²) >= 11 is 0. The summed E-state index contributed by atoms with van der Waals surface area (Å²) in [5.74, 6) is 0.779. The van der Waals surface area contributed by atoms with Gasteiger partial charge in [-0.05, 0) is 31.0 Å². The number of aromatic amines is 1. The predicted octanol–water partition coefficient (Wildman–Crippen LogP) is 2.77. The highest BCUT2D eigenvalue weighted by Gasteiger charge is 2.18. The average Bonchev–Trinajstić information content (AvgIpc) is 3.14. The topological polar surface area (TPSA) is 117 Å². The molecule has 10 nitrogen and oxygen atoms in total. The van der Waals surface area contributed by atoms with E-state index in [4.69, 9.17) is 14.2 Å². The number of hydrogen-bond acceptors (Lipinski definition) is 7. The van der Waals surface area contributed by atoms with Gasteiger partial charge in [-0.2, -0.15) is 0 Å². The number of carbonyl (C=O) groups excluding carboxylic acids is 1. The van der Waals surface area contributed by atoms with E-state index in [1.54, 1.807) is 25.2 Å². The summed E-state index contributed by atoms with van der Waals surface area (Å²) in [6, 6.07) is 4.84. The van der Waals surface area contributed by atoms with Crippen LogP contribution in [0.15, 0.2) is 27.8 Å². The number of ether oxygens (including phenoxy) is 3. The number of fused-ring (bicyclic) bond motifs is 1. The monoisotopic (exact) mass is 458 g/mol. The molecule has 0 aliphatic carbocycles. The molecule has 2 aromatic heterocycles. The summed E-state index contributed by atoms with van der Waals surface area (Å²) in [7, 11) is 3.15. The van der Waals surface area contributed by atoms with Crippen LogP contribution in [0, 0.1) is 0 Å². The van der Waals surface area contributed by atoms with Crippen molar-refractivity contribution in [3.8, 4) is 11.5 Å². The molecule has 1 aromatic carbocycles. The number of esters is 1. The Kier molecular flexibility index (Phi) is 7.92. The summed E-state index contributed by atoms with van der Waals surface area (Å²) in [6.07, 6.45) is 3.58. The van der Waals surface area contributed by atoms with E-state index in [0.29, 0.717) is 36.0 Å². The molecule has 2 heterocycles. The number of nitrogens with one attached hydrogen (secondary N) is 1. The molecular formula is C23H30N4O6. The van der Waals surface area contributed by atoms with E-state index in [2.05, 4.69) is 16.9 Å².